The number of esters is 2. The van der Waals surface area contributed by atoms with Crippen molar-refractivity contribution in [1.82, 2.24) is 0 Å². The number of hydrogen-bond donors (Lipinski definition) is 4. The molecule has 0 saturated carbocycles. The lowest BCUT2D eigenvalue weighted by atomic mass is 9.99. The minimum atomic E-state index is -1.87. The van der Waals surface area contributed by atoms with Crippen LogP contribution in [0.1, 0.15) is 142 Å². The van der Waals surface area contributed by atoms with Crippen molar-refractivity contribution >= 4 is 17.9 Å². The number of rotatable bonds is 31. The number of carboxylic acid groups (broad SMARTS) is 1. The Morgan fingerprint density at radius 2 is 1.08 bits per heavy atom. The molecular formula is C41H68O11. The first-order valence-electron chi connectivity index (χ1n) is 19.7. The lowest BCUT2D eigenvalue weighted by Gasteiger charge is -2.38. The third-order valence-electron chi connectivity index (χ3n) is 8.61. The van der Waals surface area contributed by atoms with Gasteiger partial charge >= 0.3 is 17.9 Å². The van der Waals surface area contributed by atoms with E-state index in [2.05, 4.69) is 62.5 Å². The van der Waals surface area contributed by atoms with E-state index >= 15 is 0 Å². The topological polar surface area (TPSA) is 169 Å². The Morgan fingerprint density at radius 1 is 0.596 bits per heavy atom. The van der Waals surface area contributed by atoms with E-state index in [0.29, 0.717) is 12.8 Å². The number of unbranched alkanes of at least 4 members (excludes halogenated alkanes) is 12. The highest BCUT2D eigenvalue weighted by molar-refractivity contribution is 5.73. The van der Waals surface area contributed by atoms with Gasteiger partial charge in [0.2, 0.25) is 0 Å². The van der Waals surface area contributed by atoms with Crippen molar-refractivity contribution in [2.24, 2.45) is 0 Å². The van der Waals surface area contributed by atoms with Gasteiger partial charge in [-0.05, 0) is 64.2 Å². The third-order valence-corrected chi connectivity index (χ3v) is 8.61. The average molecular weight is 737 g/mol. The largest absolute Gasteiger partial charge is 0.479 e. The minimum absolute atomic E-state index is 0.161. The van der Waals surface area contributed by atoms with E-state index in [1.165, 1.54) is 6.42 Å². The normalized spacial score (nSPS) is 21.4. The van der Waals surface area contributed by atoms with Gasteiger partial charge in [-0.2, -0.15) is 0 Å². The molecule has 1 rings (SSSR count). The summed E-state index contributed by atoms with van der Waals surface area (Å²) in [5, 5.41) is 39.7. The molecule has 0 aromatic heterocycles. The second kappa shape index (κ2) is 31.7. The molecule has 0 aromatic carbocycles. The Hall–Kier alpha value is -2.83. The molecule has 1 aliphatic heterocycles. The molecule has 6 unspecified atom stereocenters. The first-order chi connectivity index (χ1) is 25.2. The number of aliphatic carboxylic acids is 1. The monoisotopic (exact) mass is 736 g/mol. The lowest BCUT2D eigenvalue weighted by Crippen LogP contribution is -2.60. The Morgan fingerprint density at radius 3 is 1.60 bits per heavy atom. The average Bonchev–Trinajstić information content (AvgIpc) is 3.12. The molecule has 1 fully saturated rings. The number of carboxylic acids is 1. The maximum absolute atomic E-state index is 12.7. The van der Waals surface area contributed by atoms with E-state index in [1.54, 1.807) is 0 Å². The number of carbonyl (C=O) groups excluding carboxylic acids is 2. The molecule has 0 amide bonds. The zero-order chi connectivity index (χ0) is 38.2. The van der Waals surface area contributed by atoms with Crippen LogP contribution in [0.25, 0.3) is 0 Å². The second-order valence-electron chi connectivity index (χ2n) is 13.4. The van der Waals surface area contributed by atoms with Crippen LogP contribution in [0.15, 0.2) is 48.6 Å². The van der Waals surface area contributed by atoms with Crippen LogP contribution >= 0.6 is 0 Å². The summed E-state index contributed by atoms with van der Waals surface area (Å²) in [7, 11) is 0. The lowest BCUT2D eigenvalue weighted by molar-refractivity contribution is -0.298. The standard InChI is InChI=1S/C41H68O11/c1-3-5-7-9-11-13-15-17-19-21-23-25-27-29-34(42)49-31-33(32-50-41-38(46)36(44)37(45)39(52-41)40(47)48)51-35(43)30-28-26-24-22-20-18-16-14-12-10-8-6-4-2/h7-10,13-16,33,36-39,41,44-46H,3-6,11-12,17-32H2,1-2H3,(H,47,48)/b9-7-,10-8-,15-13-,16-14-. The Labute approximate surface area is 312 Å². The Balaban J connectivity index is 2.46. The number of allylic oxidation sites excluding steroid dienone is 8. The highest BCUT2D eigenvalue weighted by atomic mass is 16.7. The van der Waals surface area contributed by atoms with E-state index in [-0.39, 0.29) is 19.4 Å². The molecule has 1 saturated heterocycles. The van der Waals surface area contributed by atoms with Gasteiger partial charge in [-0.25, -0.2) is 4.79 Å². The van der Waals surface area contributed by atoms with Crippen molar-refractivity contribution in [3.63, 3.8) is 0 Å². The van der Waals surface area contributed by atoms with Gasteiger partial charge in [0.25, 0.3) is 0 Å². The Kier molecular flexibility index (Phi) is 28.7. The second-order valence-corrected chi connectivity index (χ2v) is 13.4. The van der Waals surface area contributed by atoms with Gasteiger partial charge in [0, 0.05) is 12.8 Å². The number of carbonyl (C=O) groups is 3. The van der Waals surface area contributed by atoms with Crippen LogP contribution in [0.3, 0.4) is 0 Å². The van der Waals surface area contributed by atoms with E-state index in [9.17, 15) is 34.8 Å². The number of aliphatic hydroxyl groups excluding tert-OH is 3. The van der Waals surface area contributed by atoms with E-state index in [4.69, 9.17) is 18.9 Å². The molecule has 11 nitrogen and oxygen atoms in total. The summed E-state index contributed by atoms with van der Waals surface area (Å²) < 4.78 is 21.6. The van der Waals surface area contributed by atoms with Crippen molar-refractivity contribution in [2.45, 2.75) is 179 Å². The molecule has 6 atom stereocenters. The molecule has 1 heterocycles. The molecule has 0 aliphatic carbocycles. The van der Waals surface area contributed by atoms with Crippen LogP contribution in [0.4, 0.5) is 0 Å². The minimum Gasteiger partial charge on any atom is -0.479 e. The van der Waals surface area contributed by atoms with Crippen LogP contribution in [0.2, 0.25) is 0 Å². The van der Waals surface area contributed by atoms with Gasteiger partial charge in [-0.3, -0.25) is 9.59 Å². The molecule has 52 heavy (non-hydrogen) atoms. The van der Waals surface area contributed by atoms with Crippen LogP contribution in [-0.4, -0.2) is 88.4 Å². The van der Waals surface area contributed by atoms with Crippen LogP contribution in [0, 0.1) is 0 Å². The molecule has 0 bridgehead atoms. The Bertz CT molecular complexity index is 1050. The zero-order valence-corrected chi connectivity index (χ0v) is 31.8. The maximum atomic E-state index is 12.7. The van der Waals surface area contributed by atoms with Crippen LogP contribution in [-0.2, 0) is 33.3 Å². The molecule has 0 aromatic rings. The van der Waals surface area contributed by atoms with Crippen molar-refractivity contribution < 1.29 is 53.8 Å². The highest BCUT2D eigenvalue weighted by Crippen LogP contribution is 2.23. The fraction of sp³-hybridized carbons (Fsp3) is 0.732. The summed E-state index contributed by atoms with van der Waals surface area (Å²) in [6.45, 7) is 3.62. The third kappa shape index (κ3) is 23.7. The zero-order valence-electron chi connectivity index (χ0n) is 31.8. The van der Waals surface area contributed by atoms with E-state index < -0.39 is 61.3 Å². The smallest absolute Gasteiger partial charge is 0.335 e. The van der Waals surface area contributed by atoms with E-state index in [1.807, 2.05) is 0 Å². The van der Waals surface area contributed by atoms with Crippen molar-refractivity contribution in [3.05, 3.63) is 48.6 Å². The molecule has 0 radical (unpaired) electrons. The van der Waals surface area contributed by atoms with Gasteiger partial charge in [-0.1, -0.05) is 114 Å². The van der Waals surface area contributed by atoms with E-state index in [0.717, 1.165) is 96.3 Å². The quantitative estimate of drug-likeness (QED) is 0.0318. The highest BCUT2D eigenvalue weighted by Gasteiger charge is 2.47. The summed E-state index contributed by atoms with van der Waals surface area (Å²) >= 11 is 0. The molecule has 298 valence electrons. The summed E-state index contributed by atoms with van der Waals surface area (Å²) in [5.41, 5.74) is 0. The number of ether oxygens (including phenoxy) is 4. The number of aliphatic hydroxyl groups is 3. The van der Waals surface area contributed by atoms with Crippen molar-refractivity contribution in [1.29, 1.82) is 0 Å². The first-order valence-corrected chi connectivity index (χ1v) is 19.7. The summed E-state index contributed by atoms with van der Waals surface area (Å²) in [4.78, 5) is 36.6. The van der Waals surface area contributed by atoms with Gasteiger partial charge in [0.05, 0.1) is 6.61 Å². The molecule has 0 spiro atoms. The predicted molar refractivity (Wildman–Crippen MR) is 201 cm³/mol. The van der Waals surface area contributed by atoms with Crippen molar-refractivity contribution in [2.75, 3.05) is 13.2 Å². The predicted octanol–water partition coefficient (Wildman–Crippen LogP) is 7.42. The molecular weight excluding hydrogens is 668 g/mol. The first kappa shape index (κ1) is 47.2. The SMILES string of the molecule is CCC/C=C\C/C=C\CCCCCCCC(=O)OCC(COC1OC(C(=O)O)C(O)C(O)C1O)OC(=O)CCCCCCC/C=C\C/C=C\CCC. The van der Waals surface area contributed by atoms with Crippen LogP contribution < -0.4 is 0 Å². The maximum Gasteiger partial charge on any atom is 0.335 e. The summed E-state index contributed by atoms with van der Waals surface area (Å²) in [6.07, 6.45) is 26.0. The van der Waals surface area contributed by atoms with Crippen LogP contribution in [0.5, 0.6) is 0 Å². The fourth-order valence-corrected chi connectivity index (χ4v) is 5.48. The molecule has 1 aliphatic rings. The van der Waals surface area contributed by atoms with Gasteiger partial charge in [0.15, 0.2) is 18.5 Å². The molecule has 4 N–H and O–H groups in total. The van der Waals surface area contributed by atoms with Gasteiger partial charge in [-0.15, -0.1) is 0 Å². The summed E-state index contributed by atoms with van der Waals surface area (Å²) in [6, 6.07) is 0. The van der Waals surface area contributed by atoms with Gasteiger partial charge in [0.1, 0.15) is 24.9 Å². The molecule has 11 heteroatoms. The summed E-state index contributed by atoms with van der Waals surface area (Å²) in [5.74, 6) is -2.49. The number of hydrogen-bond acceptors (Lipinski definition) is 10. The van der Waals surface area contributed by atoms with Crippen molar-refractivity contribution in [3.8, 4) is 0 Å². The fourth-order valence-electron chi connectivity index (χ4n) is 5.48. The van der Waals surface area contributed by atoms with Gasteiger partial charge < -0.3 is 39.4 Å².